The molecular formula is C13H14N2O. The first kappa shape index (κ1) is 10.8. The summed E-state index contributed by atoms with van der Waals surface area (Å²) in [4.78, 5) is 12.2. The Morgan fingerprint density at radius 2 is 2.06 bits per heavy atom. The van der Waals surface area contributed by atoms with Crippen LogP contribution in [0.3, 0.4) is 0 Å². The maximum Gasteiger partial charge on any atom is 0.184 e. The Morgan fingerprint density at radius 1 is 1.44 bits per heavy atom. The van der Waals surface area contributed by atoms with Gasteiger partial charge in [-0.2, -0.15) is 5.26 Å². The van der Waals surface area contributed by atoms with E-state index in [2.05, 4.69) is 6.07 Å². The van der Waals surface area contributed by atoms with Crippen LogP contribution in [0.15, 0.2) is 24.3 Å². The first-order valence-corrected chi connectivity index (χ1v) is 5.25. The third-order valence-electron chi connectivity index (χ3n) is 3.53. The highest BCUT2D eigenvalue weighted by Gasteiger charge is 2.52. The van der Waals surface area contributed by atoms with E-state index in [1.54, 1.807) is 19.9 Å². The number of hydrogen-bond donors (Lipinski definition) is 1. The summed E-state index contributed by atoms with van der Waals surface area (Å²) in [5.41, 5.74) is 5.82. The van der Waals surface area contributed by atoms with Gasteiger partial charge in [0.15, 0.2) is 5.78 Å². The molecule has 0 saturated carbocycles. The number of rotatable bonds is 1. The molecule has 1 unspecified atom stereocenters. The molecule has 0 heterocycles. The molecule has 1 atom stereocenters. The maximum absolute atomic E-state index is 12.2. The summed E-state index contributed by atoms with van der Waals surface area (Å²) in [5, 5.41) is 9.13. The zero-order valence-corrected chi connectivity index (χ0v) is 9.45. The summed E-state index contributed by atoms with van der Waals surface area (Å²) < 4.78 is 0. The molecular weight excluding hydrogens is 200 g/mol. The molecule has 3 nitrogen and oxygen atoms in total. The number of carbonyl (C=O) groups excluding carboxylic acids is 1. The first-order chi connectivity index (χ1) is 7.42. The fraction of sp³-hybridized carbons (Fsp3) is 0.385. The Kier molecular flexibility index (Phi) is 2.14. The van der Waals surface area contributed by atoms with Crippen LogP contribution in [0.25, 0.3) is 0 Å². The Bertz CT molecular complexity index is 499. The molecule has 3 heteroatoms. The Hall–Kier alpha value is -1.66. The number of nitrogens with zero attached hydrogens (tertiary/aromatic N) is 1. The molecule has 2 N–H and O–H groups in total. The van der Waals surface area contributed by atoms with Crippen LogP contribution in [0.2, 0.25) is 0 Å². The number of nitriles is 1. The van der Waals surface area contributed by atoms with Gasteiger partial charge in [-0.05, 0) is 19.4 Å². The second kappa shape index (κ2) is 3.16. The van der Waals surface area contributed by atoms with Crippen LogP contribution >= 0.6 is 0 Å². The fourth-order valence-corrected chi connectivity index (χ4v) is 2.12. The lowest BCUT2D eigenvalue weighted by Crippen LogP contribution is -2.57. The van der Waals surface area contributed by atoms with Crippen LogP contribution in [0.4, 0.5) is 0 Å². The monoisotopic (exact) mass is 214 g/mol. The number of ketones is 1. The Labute approximate surface area is 94.9 Å². The van der Waals surface area contributed by atoms with E-state index in [0.29, 0.717) is 12.0 Å². The standard InChI is InChI=1S/C13H14N2O/c1-12(2,8-14)13(15)7-9-5-3-4-6-10(9)11(13)16/h3-6H,7,15H2,1-2H3. The average Bonchev–Trinajstić information content (AvgIpc) is 2.54. The Balaban J connectivity index is 2.54. The minimum Gasteiger partial charge on any atom is -0.317 e. The number of nitrogens with two attached hydrogens (primary N) is 1. The van der Waals surface area contributed by atoms with E-state index < -0.39 is 11.0 Å². The average molecular weight is 214 g/mol. The van der Waals surface area contributed by atoms with Gasteiger partial charge in [0.05, 0.1) is 11.5 Å². The third-order valence-corrected chi connectivity index (χ3v) is 3.53. The van der Waals surface area contributed by atoms with E-state index in [0.717, 1.165) is 5.56 Å². The quantitative estimate of drug-likeness (QED) is 0.773. The third kappa shape index (κ3) is 1.20. The van der Waals surface area contributed by atoms with Crippen LogP contribution < -0.4 is 5.73 Å². The lowest BCUT2D eigenvalue weighted by atomic mass is 9.71. The molecule has 0 amide bonds. The number of benzene rings is 1. The second-order valence-electron chi connectivity index (χ2n) is 4.87. The fourth-order valence-electron chi connectivity index (χ4n) is 2.12. The molecule has 0 fully saturated rings. The van der Waals surface area contributed by atoms with Gasteiger partial charge in [-0.3, -0.25) is 4.79 Å². The summed E-state index contributed by atoms with van der Waals surface area (Å²) in [6.07, 6.45) is 0.447. The molecule has 1 aliphatic rings. The predicted octanol–water partition coefficient (Wildman–Crippen LogP) is 1.67. The van der Waals surface area contributed by atoms with Gasteiger partial charge in [-0.1, -0.05) is 24.3 Å². The van der Waals surface area contributed by atoms with Gasteiger partial charge >= 0.3 is 0 Å². The molecule has 16 heavy (non-hydrogen) atoms. The smallest absolute Gasteiger partial charge is 0.184 e. The van der Waals surface area contributed by atoms with E-state index in [1.807, 2.05) is 18.2 Å². The number of Topliss-reactive ketones (excluding diaryl/α,β-unsaturated/α-hetero) is 1. The zero-order chi connectivity index (χ0) is 12.0. The minimum atomic E-state index is -1.09. The van der Waals surface area contributed by atoms with Crippen LogP contribution in [0.5, 0.6) is 0 Å². The van der Waals surface area contributed by atoms with Gasteiger partial charge in [0.2, 0.25) is 0 Å². The molecule has 82 valence electrons. The van der Waals surface area contributed by atoms with Crippen molar-refractivity contribution in [2.24, 2.45) is 11.1 Å². The lowest BCUT2D eigenvalue weighted by Gasteiger charge is -2.33. The molecule has 1 aliphatic carbocycles. The second-order valence-corrected chi connectivity index (χ2v) is 4.87. The van der Waals surface area contributed by atoms with Crippen molar-refractivity contribution in [3.8, 4) is 6.07 Å². The van der Waals surface area contributed by atoms with Gasteiger partial charge < -0.3 is 5.73 Å². The SMILES string of the molecule is CC(C)(C#N)C1(N)Cc2ccccc2C1=O. The molecule has 0 aliphatic heterocycles. The highest BCUT2D eigenvalue weighted by molar-refractivity contribution is 6.08. The molecule has 2 rings (SSSR count). The highest BCUT2D eigenvalue weighted by atomic mass is 16.1. The summed E-state index contributed by atoms with van der Waals surface area (Å²) in [7, 11) is 0. The summed E-state index contributed by atoms with van der Waals surface area (Å²) in [6, 6.07) is 9.53. The normalized spacial score (nSPS) is 24.0. The molecule has 0 aromatic heterocycles. The highest BCUT2D eigenvalue weighted by Crippen LogP contribution is 2.39. The van der Waals surface area contributed by atoms with Crippen molar-refractivity contribution in [1.29, 1.82) is 5.26 Å². The van der Waals surface area contributed by atoms with Crippen molar-refractivity contribution in [3.05, 3.63) is 35.4 Å². The van der Waals surface area contributed by atoms with Gasteiger partial charge in [0.1, 0.15) is 5.54 Å². The van der Waals surface area contributed by atoms with Crippen molar-refractivity contribution < 1.29 is 4.79 Å². The summed E-state index contributed by atoms with van der Waals surface area (Å²) in [5.74, 6) is -0.116. The number of carbonyl (C=O) groups is 1. The first-order valence-electron chi connectivity index (χ1n) is 5.25. The summed E-state index contributed by atoms with van der Waals surface area (Å²) >= 11 is 0. The van der Waals surface area contributed by atoms with E-state index in [4.69, 9.17) is 11.0 Å². The van der Waals surface area contributed by atoms with E-state index >= 15 is 0 Å². The van der Waals surface area contributed by atoms with E-state index in [1.165, 1.54) is 0 Å². The van der Waals surface area contributed by atoms with Crippen molar-refractivity contribution >= 4 is 5.78 Å². The van der Waals surface area contributed by atoms with Crippen LogP contribution in [-0.2, 0) is 6.42 Å². The van der Waals surface area contributed by atoms with E-state index in [9.17, 15) is 4.79 Å². The van der Waals surface area contributed by atoms with Crippen LogP contribution in [0.1, 0.15) is 29.8 Å². The largest absolute Gasteiger partial charge is 0.317 e. The minimum absolute atomic E-state index is 0.116. The molecule has 0 radical (unpaired) electrons. The van der Waals surface area contributed by atoms with Gasteiger partial charge in [0, 0.05) is 12.0 Å². The topological polar surface area (TPSA) is 66.9 Å². The zero-order valence-electron chi connectivity index (χ0n) is 9.45. The van der Waals surface area contributed by atoms with Crippen LogP contribution in [-0.4, -0.2) is 11.3 Å². The van der Waals surface area contributed by atoms with Crippen molar-refractivity contribution in [2.75, 3.05) is 0 Å². The molecule has 0 spiro atoms. The van der Waals surface area contributed by atoms with Gasteiger partial charge in [0.25, 0.3) is 0 Å². The van der Waals surface area contributed by atoms with Crippen molar-refractivity contribution in [2.45, 2.75) is 25.8 Å². The molecule has 1 aromatic carbocycles. The van der Waals surface area contributed by atoms with Crippen LogP contribution in [0, 0.1) is 16.7 Å². The lowest BCUT2D eigenvalue weighted by molar-refractivity contribution is 0.0819. The molecule has 0 bridgehead atoms. The number of fused-ring (bicyclic) bond motifs is 1. The van der Waals surface area contributed by atoms with E-state index in [-0.39, 0.29) is 5.78 Å². The Morgan fingerprint density at radius 3 is 2.62 bits per heavy atom. The maximum atomic E-state index is 12.2. The van der Waals surface area contributed by atoms with Crippen molar-refractivity contribution in [1.82, 2.24) is 0 Å². The molecule has 0 saturated heterocycles. The van der Waals surface area contributed by atoms with Crippen molar-refractivity contribution in [3.63, 3.8) is 0 Å². The molecule has 1 aromatic rings. The summed E-state index contributed by atoms with van der Waals surface area (Å²) in [6.45, 7) is 3.44. The van der Waals surface area contributed by atoms with Gasteiger partial charge in [-0.25, -0.2) is 0 Å². The van der Waals surface area contributed by atoms with Gasteiger partial charge in [-0.15, -0.1) is 0 Å². The predicted molar refractivity (Wildman–Crippen MR) is 60.8 cm³/mol. The number of hydrogen-bond acceptors (Lipinski definition) is 3.